The lowest BCUT2D eigenvalue weighted by Crippen LogP contribution is -1.96. The Bertz CT molecular complexity index is 667. The summed E-state index contributed by atoms with van der Waals surface area (Å²) < 4.78 is 13.3. The zero-order chi connectivity index (χ0) is 14.5. The molecule has 0 saturated heterocycles. The standard InChI is InChI=1S/C15H12ClFN2S/c1-2-20-15-5-3-4-13(11(15)9-18)19-14-8-10(17)6-7-12(14)16/h3-8,19H,2H2,1H3. The summed E-state index contributed by atoms with van der Waals surface area (Å²) in [6.45, 7) is 2.02. The maximum atomic E-state index is 13.3. The first-order valence-electron chi connectivity index (χ1n) is 6.03. The topological polar surface area (TPSA) is 35.8 Å². The van der Waals surface area contributed by atoms with Gasteiger partial charge >= 0.3 is 0 Å². The lowest BCUT2D eigenvalue weighted by Gasteiger charge is -2.12. The molecule has 0 aromatic heterocycles. The third-order valence-corrected chi connectivity index (χ3v) is 3.91. The van der Waals surface area contributed by atoms with E-state index in [0.29, 0.717) is 22.0 Å². The minimum Gasteiger partial charge on any atom is -0.353 e. The number of nitrogens with zero attached hydrogens (tertiary/aromatic N) is 1. The summed E-state index contributed by atoms with van der Waals surface area (Å²) in [6, 6.07) is 11.8. The predicted octanol–water partition coefficient (Wildman–Crippen LogP) is 5.21. The van der Waals surface area contributed by atoms with E-state index in [1.165, 1.54) is 18.2 Å². The molecule has 0 unspecified atom stereocenters. The highest BCUT2D eigenvalue weighted by molar-refractivity contribution is 7.99. The van der Waals surface area contributed by atoms with E-state index in [9.17, 15) is 9.65 Å². The van der Waals surface area contributed by atoms with Gasteiger partial charge in [-0.3, -0.25) is 0 Å². The Morgan fingerprint density at radius 3 is 2.80 bits per heavy atom. The van der Waals surface area contributed by atoms with Gasteiger partial charge in [0.2, 0.25) is 0 Å². The Kier molecular flexibility index (Phi) is 4.89. The monoisotopic (exact) mass is 306 g/mol. The Morgan fingerprint density at radius 2 is 2.10 bits per heavy atom. The second kappa shape index (κ2) is 6.65. The molecule has 5 heteroatoms. The maximum absolute atomic E-state index is 13.3. The van der Waals surface area contributed by atoms with E-state index in [-0.39, 0.29) is 5.82 Å². The Labute approximate surface area is 126 Å². The molecule has 0 heterocycles. The highest BCUT2D eigenvalue weighted by atomic mass is 35.5. The van der Waals surface area contributed by atoms with Crippen LogP contribution in [0.4, 0.5) is 15.8 Å². The van der Waals surface area contributed by atoms with Crippen LogP contribution in [0.3, 0.4) is 0 Å². The van der Waals surface area contributed by atoms with Gasteiger partial charge in [0.1, 0.15) is 11.9 Å². The number of rotatable bonds is 4. The summed E-state index contributed by atoms with van der Waals surface area (Å²) >= 11 is 7.61. The van der Waals surface area contributed by atoms with Crippen molar-refractivity contribution in [2.45, 2.75) is 11.8 Å². The first-order chi connectivity index (χ1) is 9.65. The summed E-state index contributed by atoms with van der Waals surface area (Å²) in [6.07, 6.45) is 0. The summed E-state index contributed by atoms with van der Waals surface area (Å²) in [5, 5.41) is 12.7. The van der Waals surface area contributed by atoms with E-state index in [1.54, 1.807) is 17.8 Å². The molecule has 0 spiro atoms. The fourth-order valence-corrected chi connectivity index (χ4v) is 2.72. The van der Waals surface area contributed by atoms with Crippen molar-refractivity contribution in [1.82, 2.24) is 0 Å². The molecule has 0 amide bonds. The van der Waals surface area contributed by atoms with E-state index in [0.717, 1.165) is 10.6 Å². The molecule has 1 N–H and O–H groups in total. The van der Waals surface area contributed by atoms with Gasteiger partial charge in [-0.05, 0) is 36.1 Å². The van der Waals surface area contributed by atoms with Crippen LogP contribution in [-0.4, -0.2) is 5.75 Å². The summed E-state index contributed by atoms with van der Waals surface area (Å²) in [7, 11) is 0. The Morgan fingerprint density at radius 1 is 1.30 bits per heavy atom. The molecule has 20 heavy (non-hydrogen) atoms. The minimum absolute atomic E-state index is 0.380. The van der Waals surface area contributed by atoms with Crippen molar-refractivity contribution in [3.05, 3.63) is 52.8 Å². The van der Waals surface area contributed by atoms with Crippen LogP contribution in [-0.2, 0) is 0 Å². The number of anilines is 2. The van der Waals surface area contributed by atoms with Crippen LogP contribution in [0.25, 0.3) is 0 Å². The zero-order valence-corrected chi connectivity index (χ0v) is 12.4. The third kappa shape index (κ3) is 3.24. The highest BCUT2D eigenvalue weighted by Gasteiger charge is 2.10. The molecule has 0 radical (unpaired) electrons. The number of nitrogens with one attached hydrogen (secondary N) is 1. The van der Waals surface area contributed by atoms with Gasteiger partial charge < -0.3 is 5.32 Å². The van der Waals surface area contributed by atoms with Gasteiger partial charge in [0.05, 0.1) is 22.0 Å². The lowest BCUT2D eigenvalue weighted by atomic mass is 10.2. The number of thioether (sulfide) groups is 1. The molecule has 0 atom stereocenters. The molecular formula is C15H12ClFN2S. The van der Waals surface area contributed by atoms with Gasteiger partial charge in [-0.15, -0.1) is 11.8 Å². The van der Waals surface area contributed by atoms with Crippen molar-refractivity contribution in [3.8, 4) is 6.07 Å². The van der Waals surface area contributed by atoms with Crippen molar-refractivity contribution in [1.29, 1.82) is 5.26 Å². The van der Waals surface area contributed by atoms with E-state index in [1.807, 2.05) is 19.1 Å². The first kappa shape index (κ1) is 14.7. The van der Waals surface area contributed by atoms with Crippen LogP contribution >= 0.6 is 23.4 Å². The van der Waals surface area contributed by atoms with Crippen LogP contribution in [0.2, 0.25) is 5.02 Å². The van der Waals surface area contributed by atoms with Gasteiger partial charge in [0.15, 0.2) is 0 Å². The van der Waals surface area contributed by atoms with Gasteiger partial charge in [0, 0.05) is 4.90 Å². The fraction of sp³-hybridized carbons (Fsp3) is 0.133. The van der Waals surface area contributed by atoms with Crippen molar-refractivity contribution < 1.29 is 4.39 Å². The SMILES string of the molecule is CCSc1cccc(Nc2cc(F)ccc2Cl)c1C#N. The number of hydrogen-bond donors (Lipinski definition) is 1. The molecular weight excluding hydrogens is 295 g/mol. The van der Waals surface area contributed by atoms with Crippen LogP contribution in [0, 0.1) is 17.1 Å². The Balaban J connectivity index is 2.41. The number of halogens is 2. The van der Waals surface area contributed by atoms with Crippen LogP contribution in [0.15, 0.2) is 41.3 Å². The van der Waals surface area contributed by atoms with E-state index in [4.69, 9.17) is 11.6 Å². The quantitative estimate of drug-likeness (QED) is 0.788. The second-order valence-electron chi connectivity index (χ2n) is 3.97. The predicted molar refractivity (Wildman–Crippen MR) is 82.2 cm³/mol. The maximum Gasteiger partial charge on any atom is 0.125 e. The summed E-state index contributed by atoms with van der Waals surface area (Å²) in [4.78, 5) is 0.896. The second-order valence-corrected chi connectivity index (χ2v) is 5.69. The van der Waals surface area contributed by atoms with Crippen LogP contribution in [0.5, 0.6) is 0 Å². The van der Waals surface area contributed by atoms with Crippen LogP contribution in [0.1, 0.15) is 12.5 Å². The van der Waals surface area contributed by atoms with Crippen molar-refractivity contribution >= 4 is 34.7 Å². The van der Waals surface area contributed by atoms with Gasteiger partial charge in [-0.2, -0.15) is 5.26 Å². The Hall–Kier alpha value is -1.70. The highest BCUT2D eigenvalue weighted by Crippen LogP contribution is 2.32. The largest absolute Gasteiger partial charge is 0.353 e. The van der Waals surface area contributed by atoms with Crippen molar-refractivity contribution in [2.24, 2.45) is 0 Å². The molecule has 102 valence electrons. The van der Waals surface area contributed by atoms with Gasteiger partial charge in [-0.1, -0.05) is 24.6 Å². The molecule has 2 nitrogen and oxygen atoms in total. The molecule has 0 aliphatic carbocycles. The van der Waals surface area contributed by atoms with Crippen molar-refractivity contribution in [2.75, 3.05) is 11.1 Å². The van der Waals surface area contributed by atoms with E-state index < -0.39 is 0 Å². The molecule has 0 aliphatic rings. The van der Waals surface area contributed by atoms with E-state index in [2.05, 4.69) is 11.4 Å². The van der Waals surface area contributed by atoms with Crippen molar-refractivity contribution in [3.63, 3.8) is 0 Å². The first-order valence-corrected chi connectivity index (χ1v) is 7.40. The average Bonchev–Trinajstić information content (AvgIpc) is 2.43. The molecule has 0 saturated carbocycles. The minimum atomic E-state index is -0.380. The molecule has 2 rings (SSSR count). The lowest BCUT2D eigenvalue weighted by molar-refractivity contribution is 0.628. The van der Waals surface area contributed by atoms with Gasteiger partial charge in [0.25, 0.3) is 0 Å². The van der Waals surface area contributed by atoms with Gasteiger partial charge in [-0.25, -0.2) is 4.39 Å². The number of benzene rings is 2. The van der Waals surface area contributed by atoms with Crippen LogP contribution < -0.4 is 5.32 Å². The number of hydrogen-bond acceptors (Lipinski definition) is 3. The smallest absolute Gasteiger partial charge is 0.125 e. The zero-order valence-electron chi connectivity index (χ0n) is 10.8. The fourth-order valence-electron chi connectivity index (χ4n) is 1.76. The van der Waals surface area contributed by atoms with E-state index >= 15 is 0 Å². The third-order valence-electron chi connectivity index (χ3n) is 2.64. The molecule has 2 aromatic carbocycles. The molecule has 0 fully saturated rings. The average molecular weight is 307 g/mol. The molecule has 0 aliphatic heterocycles. The normalized spacial score (nSPS) is 10.1. The molecule has 0 bridgehead atoms. The molecule has 2 aromatic rings. The summed E-state index contributed by atoms with van der Waals surface area (Å²) in [5.74, 6) is 0.494. The number of nitriles is 1. The summed E-state index contributed by atoms with van der Waals surface area (Å²) in [5.41, 5.74) is 1.61.